The van der Waals surface area contributed by atoms with E-state index in [1.54, 1.807) is 6.07 Å². The Kier molecular flexibility index (Phi) is 5.58. The van der Waals surface area contributed by atoms with Crippen LogP contribution in [0.15, 0.2) is 32.0 Å². The summed E-state index contributed by atoms with van der Waals surface area (Å²) in [5.41, 5.74) is 0. The van der Waals surface area contributed by atoms with Gasteiger partial charge in [0, 0.05) is 16.0 Å². The molecular formula is C11H15Br2N3O5S2. The second-order valence-electron chi connectivity index (χ2n) is 5.14. The molecule has 130 valence electrons. The molecule has 1 aromatic rings. The normalized spacial score (nSPS) is 24.5. The molecule has 0 bridgehead atoms. The Balaban J connectivity index is 2.55. The molecule has 2 atom stereocenters. The molecule has 1 aliphatic rings. The first-order valence-corrected chi connectivity index (χ1v) is 11.2. The molecule has 12 heteroatoms. The van der Waals surface area contributed by atoms with Crippen LogP contribution in [0.4, 0.5) is 0 Å². The van der Waals surface area contributed by atoms with Gasteiger partial charge in [-0.25, -0.2) is 16.8 Å². The summed E-state index contributed by atoms with van der Waals surface area (Å²) < 4.78 is 50.8. The minimum Gasteiger partial charge on any atom is -0.390 e. The van der Waals surface area contributed by atoms with Gasteiger partial charge >= 0.3 is 0 Å². The Morgan fingerprint density at radius 3 is 2.39 bits per heavy atom. The maximum Gasteiger partial charge on any atom is 0.258 e. The minimum atomic E-state index is -4.19. The van der Waals surface area contributed by atoms with Crippen LogP contribution in [0, 0.1) is 0 Å². The highest BCUT2D eigenvalue weighted by molar-refractivity contribution is 9.11. The lowest BCUT2D eigenvalue weighted by Gasteiger charge is -2.33. The maximum atomic E-state index is 12.9. The summed E-state index contributed by atoms with van der Waals surface area (Å²) in [5.74, 6) is 4.62. The fourth-order valence-electron chi connectivity index (χ4n) is 2.38. The smallest absolute Gasteiger partial charge is 0.258 e. The monoisotopic (exact) mass is 491 g/mol. The number of nitrogens with zero attached hydrogens (tertiary/aromatic N) is 2. The summed E-state index contributed by atoms with van der Waals surface area (Å²) in [6.45, 7) is 0. The summed E-state index contributed by atoms with van der Waals surface area (Å²) in [7, 11) is -6.47. The van der Waals surface area contributed by atoms with Gasteiger partial charge in [0.15, 0.2) is 9.84 Å². The van der Waals surface area contributed by atoms with Crippen LogP contribution in [0.1, 0.15) is 0 Å². The molecule has 23 heavy (non-hydrogen) atoms. The first kappa shape index (κ1) is 19.2. The number of hydrogen-bond donors (Lipinski definition) is 2. The van der Waals surface area contributed by atoms with Gasteiger partial charge in [0.05, 0.1) is 28.5 Å². The topological polar surface area (TPSA) is 121 Å². The number of aliphatic hydroxyl groups excluding tert-OH is 1. The molecule has 1 saturated heterocycles. The molecule has 0 spiro atoms. The van der Waals surface area contributed by atoms with E-state index in [-0.39, 0.29) is 4.90 Å². The molecule has 8 nitrogen and oxygen atoms in total. The van der Waals surface area contributed by atoms with E-state index in [1.807, 2.05) is 0 Å². The number of hydrogen-bond acceptors (Lipinski definition) is 7. The molecular weight excluding hydrogens is 478 g/mol. The summed E-state index contributed by atoms with van der Waals surface area (Å²) >= 11 is 6.36. The average molecular weight is 493 g/mol. The van der Waals surface area contributed by atoms with E-state index < -0.39 is 43.5 Å². The molecule has 0 saturated carbocycles. The number of nitrogens with two attached hydrogens (primary N) is 1. The standard InChI is InChI=1S/C11H15Br2N3O5S2/c1-15(14)16(9-5-22(18,19)6-10(9)17)23(20,21)11-4-7(12)2-3-8(11)13/h2-4,9-10,17H,5-6,14H2,1H3/t9-,10-/m1/s1. The number of rotatable bonds is 4. The van der Waals surface area contributed by atoms with Crippen molar-refractivity contribution in [2.45, 2.75) is 17.0 Å². The van der Waals surface area contributed by atoms with Crippen LogP contribution in [-0.4, -0.2) is 62.2 Å². The third kappa shape index (κ3) is 3.95. The highest BCUT2D eigenvalue weighted by Crippen LogP contribution is 2.31. The van der Waals surface area contributed by atoms with Crippen LogP contribution >= 0.6 is 31.9 Å². The van der Waals surface area contributed by atoms with Crippen molar-refractivity contribution in [2.75, 3.05) is 18.6 Å². The van der Waals surface area contributed by atoms with Crippen LogP contribution in [0.5, 0.6) is 0 Å². The van der Waals surface area contributed by atoms with Crippen LogP contribution in [0.3, 0.4) is 0 Å². The van der Waals surface area contributed by atoms with Gasteiger partial charge in [-0.05, 0) is 34.1 Å². The van der Waals surface area contributed by atoms with Crippen molar-refractivity contribution in [3.8, 4) is 0 Å². The van der Waals surface area contributed by atoms with Gasteiger partial charge in [-0.2, -0.15) is 5.12 Å². The Labute approximate surface area is 151 Å². The Morgan fingerprint density at radius 1 is 1.30 bits per heavy atom. The molecule has 0 aliphatic carbocycles. The predicted octanol–water partition coefficient (Wildman–Crippen LogP) is 0.0807. The van der Waals surface area contributed by atoms with Crippen LogP contribution in [0.2, 0.25) is 0 Å². The fourth-order valence-corrected chi connectivity index (χ4v) is 7.31. The lowest BCUT2D eigenvalue weighted by molar-refractivity contribution is 0.00835. The van der Waals surface area contributed by atoms with Gasteiger partial charge < -0.3 is 5.11 Å². The summed E-state index contributed by atoms with van der Waals surface area (Å²) in [6.07, 6.45) is -1.35. The van der Waals surface area contributed by atoms with Gasteiger partial charge in [-0.3, -0.25) is 5.84 Å². The van der Waals surface area contributed by atoms with Crippen molar-refractivity contribution >= 4 is 51.7 Å². The van der Waals surface area contributed by atoms with Crippen LogP contribution in [-0.2, 0) is 19.9 Å². The van der Waals surface area contributed by atoms with Crippen molar-refractivity contribution in [2.24, 2.45) is 5.84 Å². The molecule has 2 rings (SSSR count). The molecule has 1 aromatic carbocycles. The molecule has 0 amide bonds. The second-order valence-corrected chi connectivity index (χ2v) is 10.8. The van der Waals surface area contributed by atoms with E-state index in [1.165, 1.54) is 19.2 Å². The Hall–Kier alpha value is -0.0800. The highest BCUT2D eigenvalue weighted by Gasteiger charge is 2.46. The third-order valence-corrected chi connectivity index (χ3v) is 8.37. The zero-order valence-corrected chi connectivity index (χ0v) is 16.7. The molecule has 0 radical (unpaired) electrons. The maximum absolute atomic E-state index is 12.9. The summed E-state index contributed by atoms with van der Waals surface area (Å²) in [5, 5.41) is 10.8. The molecule has 3 N–H and O–H groups in total. The van der Waals surface area contributed by atoms with Crippen molar-refractivity contribution in [3.63, 3.8) is 0 Å². The van der Waals surface area contributed by atoms with Gasteiger partial charge in [-0.15, -0.1) is 4.41 Å². The average Bonchev–Trinajstić information content (AvgIpc) is 2.65. The summed E-state index contributed by atoms with van der Waals surface area (Å²) in [4.78, 5) is -0.0966. The lowest BCUT2D eigenvalue weighted by Crippen LogP contribution is -2.57. The predicted molar refractivity (Wildman–Crippen MR) is 91.3 cm³/mol. The lowest BCUT2D eigenvalue weighted by atomic mass is 10.2. The molecule has 1 aliphatic heterocycles. The summed E-state index contributed by atoms with van der Waals surface area (Å²) in [6, 6.07) is 3.36. The highest BCUT2D eigenvalue weighted by atomic mass is 79.9. The fraction of sp³-hybridized carbons (Fsp3) is 0.455. The minimum absolute atomic E-state index is 0.0966. The number of sulfone groups is 1. The molecule has 1 heterocycles. The van der Waals surface area contributed by atoms with E-state index >= 15 is 0 Å². The van der Waals surface area contributed by atoms with Crippen molar-refractivity contribution in [1.82, 2.24) is 9.53 Å². The Morgan fingerprint density at radius 2 is 1.91 bits per heavy atom. The largest absolute Gasteiger partial charge is 0.390 e. The first-order valence-electron chi connectivity index (χ1n) is 6.32. The second kappa shape index (κ2) is 6.67. The quantitative estimate of drug-likeness (QED) is 0.451. The number of sulfonamides is 1. The van der Waals surface area contributed by atoms with E-state index in [0.29, 0.717) is 13.4 Å². The van der Waals surface area contributed by atoms with E-state index in [4.69, 9.17) is 5.84 Å². The molecule has 0 aromatic heterocycles. The van der Waals surface area contributed by atoms with Gasteiger partial charge in [0.1, 0.15) is 0 Å². The first-order chi connectivity index (χ1) is 10.5. The van der Waals surface area contributed by atoms with Crippen LogP contribution in [0.25, 0.3) is 0 Å². The number of aliphatic hydroxyl groups is 1. The third-order valence-electron chi connectivity index (χ3n) is 3.31. The number of benzene rings is 1. The van der Waals surface area contributed by atoms with E-state index in [9.17, 15) is 21.9 Å². The van der Waals surface area contributed by atoms with E-state index in [0.717, 1.165) is 5.12 Å². The van der Waals surface area contributed by atoms with Gasteiger partial charge in [0.2, 0.25) is 0 Å². The molecule has 0 unspecified atom stereocenters. The van der Waals surface area contributed by atoms with Crippen molar-refractivity contribution in [1.29, 1.82) is 0 Å². The Bertz CT molecular complexity index is 813. The number of halogens is 2. The zero-order valence-electron chi connectivity index (χ0n) is 11.9. The zero-order chi connectivity index (χ0) is 17.6. The van der Waals surface area contributed by atoms with Gasteiger partial charge in [0.25, 0.3) is 10.0 Å². The molecule has 1 fully saturated rings. The van der Waals surface area contributed by atoms with Crippen molar-refractivity contribution in [3.05, 3.63) is 27.1 Å². The van der Waals surface area contributed by atoms with E-state index in [2.05, 4.69) is 31.9 Å². The van der Waals surface area contributed by atoms with Crippen LogP contribution < -0.4 is 5.84 Å². The number of hydrazine groups is 2. The SMILES string of the molecule is CN(N)N([C@@H]1CS(=O)(=O)C[C@H]1O)S(=O)(=O)c1cc(Br)ccc1Br. The van der Waals surface area contributed by atoms with Gasteiger partial charge in [-0.1, -0.05) is 15.9 Å². The van der Waals surface area contributed by atoms with Crippen molar-refractivity contribution < 1.29 is 21.9 Å².